The van der Waals surface area contributed by atoms with Crippen molar-refractivity contribution in [3.8, 4) is 17.1 Å². The van der Waals surface area contributed by atoms with E-state index in [2.05, 4.69) is 107 Å². The summed E-state index contributed by atoms with van der Waals surface area (Å²) in [6, 6.07) is 13.4. The SMILES string of the molecule is C=CC1(CC)[n+]2c(C)nn(-c3c(C)cc(C)cc3C)c2-c2ccccc2C1(C)CC. The van der Waals surface area contributed by atoms with E-state index in [1.54, 1.807) is 0 Å². The maximum absolute atomic E-state index is 5.14. The molecule has 3 nitrogen and oxygen atoms in total. The molecule has 0 radical (unpaired) electrons. The molecule has 156 valence electrons. The smallest absolute Gasteiger partial charge is 0.218 e. The second-order valence-electron chi connectivity index (χ2n) is 9.08. The zero-order valence-electron chi connectivity index (χ0n) is 19.5. The highest BCUT2D eigenvalue weighted by atomic mass is 15.4. The van der Waals surface area contributed by atoms with E-state index < -0.39 is 0 Å². The van der Waals surface area contributed by atoms with Crippen molar-refractivity contribution in [2.45, 2.75) is 72.3 Å². The van der Waals surface area contributed by atoms with Crippen molar-refractivity contribution in [3.05, 3.63) is 77.1 Å². The summed E-state index contributed by atoms with van der Waals surface area (Å²) in [4.78, 5) is 0. The summed E-state index contributed by atoms with van der Waals surface area (Å²) in [6.07, 6.45) is 4.17. The summed E-state index contributed by atoms with van der Waals surface area (Å²) in [5, 5.41) is 5.14. The van der Waals surface area contributed by atoms with E-state index in [1.807, 2.05) is 0 Å². The van der Waals surface area contributed by atoms with Gasteiger partial charge in [-0.15, -0.1) is 0 Å². The lowest BCUT2D eigenvalue weighted by Crippen LogP contribution is -2.68. The normalized spacial score (nSPS) is 22.5. The number of fused-ring (bicyclic) bond motifs is 3. The van der Waals surface area contributed by atoms with Gasteiger partial charge in [0.2, 0.25) is 0 Å². The van der Waals surface area contributed by atoms with Gasteiger partial charge in [0.1, 0.15) is 11.2 Å². The third-order valence-electron chi connectivity index (χ3n) is 7.53. The van der Waals surface area contributed by atoms with Crippen LogP contribution in [0.3, 0.4) is 0 Å². The van der Waals surface area contributed by atoms with Crippen molar-refractivity contribution in [2.24, 2.45) is 0 Å². The maximum atomic E-state index is 5.14. The van der Waals surface area contributed by atoms with Crippen LogP contribution in [0.15, 0.2) is 49.1 Å². The van der Waals surface area contributed by atoms with Crippen LogP contribution in [0.25, 0.3) is 17.1 Å². The van der Waals surface area contributed by atoms with E-state index in [4.69, 9.17) is 5.10 Å². The molecule has 2 heterocycles. The van der Waals surface area contributed by atoms with Gasteiger partial charge in [0, 0.05) is 17.4 Å². The number of aryl methyl sites for hydroxylation is 4. The second kappa shape index (κ2) is 6.94. The van der Waals surface area contributed by atoms with E-state index in [-0.39, 0.29) is 11.0 Å². The lowest BCUT2D eigenvalue weighted by atomic mass is 9.60. The summed E-state index contributed by atoms with van der Waals surface area (Å²) in [6.45, 7) is 20.0. The fourth-order valence-corrected chi connectivity index (χ4v) is 6.00. The van der Waals surface area contributed by atoms with Gasteiger partial charge in [-0.25, -0.2) is 4.57 Å². The number of allylic oxidation sites excluding steroid dienone is 1. The fraction of sp³-hybridized carbons (Fsp3) is 0.407. The minimum Gasteiger partial charge on any atom is -0.218 e. The minimum absolute atomic E-state index is 0.0618. The molecule has 3 aromatic rings. The summed E-state index contributed by atoms with van der Waals surface area (Å²) in [5.41, 5.74) is 7.33. The topological polar surface area (TPSA) is 21.7 Å². The Hall–Kier alpha value is -2.68. The van der Waals surface area contributed by atoms with Crippen molar-refractivity contribution >= 4 is 0 Å². The van der Waals surface area contributed by atoms with Crippen LogP contribution in [-0.4, -0.2) is 9.78 Å². The molecule has 2 unspecified atom stereocenters. The zero-order chi connectivity index (χ0) is 21.8. The number of rotatable bonds is 4. The Kier molecular flexibility index (Phi) is 4.76. The predicted molar refractivity (Wildman–Crippen MR) is 124 cm³/mol. The van der Waals surface area contributed by atoms with Crippen LogP contribution in [0.5, 0.6) is 0 Å². The van der Waals surface area contributed by atoms with Crippen molar-refractivity contribution in [3.63, 3.8) is 0 Å². The maximum Gasteiger partial charge on any atom is 0.276 e. The molecule has 30 heavy (non-hydrogen) atoms. The minimum atomic E-state index is -0.236. The predicted octanol–water partition coefficient (Wildman–Crippen LogP) is 6.03. The number of hydrogen-bond acceptors (Lipinski definition) is 1. The van der Waals surface area contributed by atoms with Gasteiger partial charge in [0.25, 0.3) is 11.6 Å². The lowest BCUT2D eigenvalue weighted by Gasteiger charge is -2.49. The van der Waals surface area contributed by atoms with Crippen LogP contribution in [0.1, 0.15) is 61.7 Å². The van der Waals surface area contributed by atoms with Crippen LogP contribution in [0.2, 0.25) is 0 Å². The fourth-order valence-electron chi connectivity index (χ4n) is 6.00. The summed E-state index contributed by atoms with van der Waals surface area (Å²) < 4.78 is 4.64. The molecule has 0 saturated carbocycles. The van der Waals surface area contributed by atoms with Crippen LogP contribution >= 0.6 is 0 Å². The Morgan fingerprint density at radius 2 is 1.67 bits per heavy atom. The first-order valence-electron chi connectivity index (χ1n) is 11.1. The number of hydrogen-bond donors (Lipinski definition) is 0. The largest absolute Gasteiger partial charge is 0.276 e. The van der Waals surface area contributed by atoms with Gasteiger partial charge >= 0.3 is 0 Å². The van der Waals surface area contributed by atoms with Crippen molar-refractivity contribution < 1.29 is 4.57 Å². The van der Waals surface area contributed by atoms with E-state index in [0.29, 0.717) is 0 Å². The van der Waals surface area contributed by atoms with Gasteiger partial charge in [-0.2, -0.15) is 0 Å². The molecule has 0 saturated heterocycles. The molecule has 0 fully saturated rings. The zero-order valence-corrected chi connectivity index (χ0v) is 19.5. The van der Waals surface area contributed by atoms with Crippen LogP contribution in [0.4, 0.5) is 0 Å². The first-order valence-corrected chi connectivity index (χ1v) is 11.1. The molecule has 0 N–H and O–H groups in total. The van der Waals surface area contributed by atoms with Gasteiger partial charge in [-0.3, -0.25) is 0 Å². The van der Waals surface area contributed by atoms with Gasteiger partial charge in [-0.1, -0.05) is 74.0 Å². The summed E-state index contributed by atoms with van der Waals surface area (Å²) >= 11 is 0. The Morgan fingerprint density at radius 1 is 1.03 bits per heavy atom. The molecule has 2 aromatic carbocycles. The molecule has 1 aliphatic rings. The summed E-state index contributed by atoms with van der Waals surface area (Å²) in [5.74, 6) is 2.19. The lowest BCUT2D eigenvalue weighted by molar-refractivity contribution is -0.761. The van der Waals surface area contributed by atoms with Crippen molar-refractivity contribution in [1.29, 1.82) is 0 Å². The second-order valence-corrected chi connectivity index (χ2v) is 9.08. The first kappa shape index (κ1) is 20.6. The van der Waals surface area contributed by atoms with Crippen molar-refractivity contribution in [1.82, 2.24) is 9.78 Å². The van der Waals surface area contributed by atoms with E-state index in [1.165, 1.54) is 33.5 Å². The standard InChI is InChI=1S/C27H34N3/c1-9-26(8)23-15-13-12-14-22(23)25-29(27(26,10-2)11-3)21(7)28-30(25)24-19(5)16-18(4)17-20(24)6/h10,12-17H,2,9,11H2,1,3-8H3/q+1. The summed E-state index contributed by atoms with van der Waals surface area (Å²) in [7, 11) is 0. The molecule has 0 bridgehead atoms. The Bertz CT molecular complexity index is 1130. The molecule has 1 aromatic heterocycles. The molecule has 2 atom stereocenters. The molecule has 4 rings (SSSR count). The Labute approximate surface area is 181 Å². The molecule has 1 aliphatic heterocycles. The van der Waals surface area contributed by atoms with Gasteiger partial charge in [-0.05, 0) is 56.4 Å². The molecule has 0 amide bonds. The van der Waals surface area contributed by atoms with Crippen molar-refractivity contribution in [2.75, 3.05) is 0 Å². The monoisotopic (exact) mass is 400 g/mol. The average Bonchev–Trinajstić information content (AvgIpc) is 3.05. The van der Waals surface area contributed by atoms with Gasteiger partial charge in [0.05, 0.1) is 5.56 Å². The molecular weight excluding hydrogens is 366 g/mol. The average molecular weight is 401 g/mol. The van der Waals surface area contributed by atoms with Gasteiger partial charge < -0.3 is 0 Å². The Balaban J connectivity index is 2.19. The number of aromatic nitrogens is 3. The first-order chi connectivity index (χ1) is 14.3. The van der Waals surface area contributed by atoms with Crippen LogP contribution in [-0.2, 0) is 11.0 Å². The number of benzene rings is 2. The third-order valence-corrected chi connectivity index (χ3v) is 7.53. The number of nitrogens with zero attached hydrogens (tertiary/aromatic N) is 3. The highest BCUT2D eigenvalue weighted by Crippen LogP contribution is 2.50. The van der Waals surface area contributed by atoms with Crippen LogP contribution < -0.4 is 4.57 Å². The highest BCUT2D eigenvalue weighted by molar-refractivity contribution is 5.66. The van der Waals surface area contributed by atoms with Crippen LogP contribution in [0, 0.1) is 27.7 Å². The van der Waals surface area contributed by atoms with E-state index >= 15 is 0 Å². The quantitative estimate of drug-likeness (QED) is 0.387. The molecule has 0 aliphatic carbocycles. The van der Waals surface area contributed by atoms with E-state index in [0.717, 1.165) is 24.5 Å². The van der Waals surface area contributed by atoms with Gasteiger partial charge in [0.15, 0.2) is 0 Å². The third kappa shape index (κ3) is 2.44. The van der Waals surface area contributed by atoms with E-state index in [9.17, 15) is 0 Å². The molecule has 0 spiro atoms. The molecule has 3 heteroatoms. The Morgan fingerprint density at radius 3 is 2.23 bits per heavy atom. The molecular formula is C27H34N3+. The highest BCUT2D eigenvalue weighted by Gasteiger charge is 2.57.